The molecule has 18 heavy (non-hydrogen) atoms. The molecule has 0 aliphatic heterocycles. The van der Waals surface area contributed by atoms with E-state index in [-0.39, 0.29) is 0 Å². The van der Waals surface area contributed by atoms with Crippen LogP contribution in [0.1, 0.15) is 17.0 Å². The first-order valence-electron chi connectivity index (χ1n) is 5.79. The number of hydrogen-bond acceptors (Lipinski definition) is 4. The zero-order chi connectivity index (χ0) is 13.0. The van der Waals surface area contributed by atoms with E-state index in [1.54, 1.807) is 0 Å². The lowest BCUT2D eigenvalue weighted by Crippen LogP contribution is -2.02. The van der Waals surface area contributed by atoms with E-state index in [4.69, 9.17) is 11.6 Å². The molecule has 2 rings (SSSR count). The molecule has 0 saturated carbocycles. The van der Waals surface area contributed by atoms with Gasteiger partial charge in [-0.05, 0) is 38.0 Å². The van der Waals surface area contributed by atoms with Crippen LogP contribution in [-0.4, -0.2) is 21.1 Å². The Morgan fingerprint density at radius 1 is 1.06 bits per heavy atom. The molecule has 0 fully saturated rings. The highest BCUT2D eigenvalue weighted by molar-refractivity contribution is 6.17. The summed E-state index contributed by atoms with van der Waals surface area (Å²) in [4.78, 5) is 4.32. The third-order valence-electron chi connectivity index (χ3n) is 2.69. The first-order valence-corrected chi connectivity index (χ1v) is 6.32. The second-order valence-electron chi connectivity index (χ2n) is 4.07. The summed E-state index contributed by atoms with van der Waals surface area (Å²) in [5, 5.41) is 11.2. The van der Waals surface area contributed by atoms with E-state index in [0.717, 1.165) is 23.5 Å². The van der Waals surface area contributed by atoms with Crippen molar-refractivity contribution in [2.75, 3.05) is 11.2 Å². The lowest BCUT2D eigenvalue weighted by molar-refractivity contribution is 0.904. The number of aryl methyl sites for hydroxylation is 3. The maximum absolute atomic E-state index is 5.69. The monoisotopic (exact) mass is 262 g/mol. The Hall–Kier alpha value is -1.68. The van der Waals surface area contributed by atoms with Gasteiger partial charge in [-0.2, -0.15) is 5.10 Å². The van der Waals surface area contributed by atoms with E-state index in [2.05, 4.69) is 20.5 Å². The maximum Gasteiger partial charge on any atom is 0.247 e. The summed E-state index contributed by atoms with van der Waals surface area (Å²) in [5.41, 5.74) is 3.89. The molecule has 0 atom stereocenters. The first kappa shape index (κ1) is 12.8. The van der Waals surface area contributed by atoms with Crippen molar-refractivity contribution in [2.45, 2.75) is 20.3 Å². The third-order valence-corrected chi connectivity index (χ3v) is 2.87. The van der Waals surface area contributed by atoms with E-state index in [1.807, 2.05) is 38.1 Å². The van der Waals surface area contributed by atoms with Gasteiger partial charge >= 0.3 is 0 Å². The van der Waals surface area contributed by atoms with E-state index >= 15 is 0 Å². The summed E-state index contributed by atoms with van der Waals surface area (Å²) in [7, 11) is 0. The average molecular weight is 263 g/mol. The van der Waals surface area contributed by atoms with Crippen molar-refractivity contribution in [2.24, 2.45) is 0 Å². The molecular weight excluding hydrogens is 248 g/mol. The predicted molar refractivity (Wildman–Crippen MR) is 73.4 cm³/mol. The van der Waals surface area contributed by atoms with E-state index < -0.39 is 0 Å². The number of alkyl halides is 1. The highest BCUT2D eigenvalue weighted by Gasteiger charge is 2.02. The van der Waals surface area contributed by atoms with Gasteiger partial charge in [-0.25, -0.2) is 4.98 Å². The second kappa shape index (κ2) is 5.78. The zero-order valence-electron chi connectivity index (χ0n) is 10.4. The van der Waals surface area contributed by atoms with Crippen molar-refractivity contribution in [3.8, 4) is 0 Å². The van der Waals surface area contributed by atoms with Gasteiger partial charge < -0.3 is 5.32 Å². The van der Waals surface area contributed by atoms with Gasteiger partial charge in [0.1, 0.15) is 0 Å². The largest absolute Gasteiger partial charge is 0.323 e. The van der Waals surface area contributed by atoms with Gasteiger partial charge in [0, 0.05) is 11.6 Å². The molecule has 1 N–H and O–H groups in total. The van der Waals surface area contributed by atoms with Gasteiger partial charge in [-0.1, -0.05) is 12.1 Å². The van der Waals surface area contributed by atoms with Gasteiger partial charge in [0.25, 0.3) is 0 Å². The van der Waals surface area contributed by atoms with Crippen LogP contribution < -0.4 is 5.32 Å². The molecule has 94 valence electrons. The van der Waals surface area contributed by atoms with Crippen molar-refractivity contribution < 1.29 is 0 Å². The van der Waals surface area contributed by atoms with E-state index in [0.29, 0.717) is 11.8 Å². The Morgan fingerprint density at radius 2 is 1.78 bits per heavy atom. The number of benzene rings is 1. The molecule has 0 saturated heterocycles. The molecule has 1 heterocycles. The van der Waals surface area contributed by atoms with Crippen LogP contribution >= 0.6 is 11.6 Å². The number of hydrogen-bond donors (Lipinski definition) is 1. The van der Waals surface area contributed by atoms with Gasteiger partial charge in [0.2, 0.25) is 5.95 Å². The number of anilines is 2. The summed E-state index contributed by atoms with van der Waals surface area (Å²) >= 11 is 5.69. The second-order valence-corrected chi connectivity index (χ2v) is 4.45. The van der Waals surface area contributed by atoms with Crippen LogP contribution in [0.15, 0.2) is 24.3 Å². The minimum Gasteiger partial charge on any atom is -0.323 e. The molecule has 0 radical (unpaired) electrons. The molecule has 0 spiro atoms. The van der Waals surface area contributed by atoms with Crippen LogP contribution in [-0.2, 0) is 6.42 Å². The summed E-state index contributed by atoms with van der Waals surface area (Å²) in [5.74, 6) is 1.15. The molecule has 2 aromatic rings. The van der Waals surface area contributed by atoms with Crippen LogP contribution in [0, 0.1) is 13.8 Å². The summed E-state index contributed by atoms with van der Waals surface area (Å²) in [6.07, 6.45) is 0.879. The predicted octanol–water partition coefficient (Wildman–Crippen LogP) is 3.01. The van der Waals surface area contributed by atoms with Crippen LogP contribution in [0.4, 0.5) is 11.6 Å². The topological polar surface area (TPSA) is 50.7 Å². The molecule has 5 heteroatoms. The lowest BCUT2D eigenvalue weighted by Gasteiger charge is -2.06. The van der Waals surface area contributed by atoms with Gasteiger partial charge in [-0.15, -0.1) is 16.7 Å². The minimum absolute atomic E-state index is 0.517. The van der Waals surface area contributed by atoms with E-state index in [9.17, 15) is 0 Å². The number of nitrogens with zero attached hydrogens (tertiary/aromatic N) is 3. The van der Waals surface area contributed by atoms with Crippen LogP contribution in [0.25, 0.3) is 0 Å². The molecule has 0 amide bonds. The van der Waals surface area contributed by atoms with Crippen LogP contribution in [0.3, 0.4) is 0 Å². The van der Waals surface area contributed by atoms with E-state index in [1.165, 1.54) is 5.56 Å². The molecule has 0 unspecified atom stereocenters. The average Bonchev–Trinajstić information content (AvgIpc) is 2.37. The van der Waals surface area contributed by atoms with Gasteiger partial charge in [-0.3, -0.25) is 0 Å². The molecule has 4 nitrogen and oxygen atoms in total. The molecule has 1 aromatic carbocycles. The summed E-state index contributed by atoms with van der Waals surface area (Å²) < 4.78 is 0. The Bertz CT molecular complexity index is 525. The molecule has 0 aliphatic rings. The van der Waals surface area contributed by atoms with Gasteiger partial charge in [0.15, 0.2) is 0 Å². The maximum atomic E-state index is 5.69. The molecular formula is C13H15ClN4. The normalized spacial score (nSPS) is 10.4. The third kappa shape index (κ3) is 3.17. The fourth-order valence-electron chi connectivity index (χ4n) is 1.50. The first-order chi connectivity index (χ1) is 8.69. The van der Waals surface area contributed by atoms with Crippen molar-refractivity contribution in [3.05, 3.63) is 41.2 Å². The van der Waals surface area contributed by atoms with Crippen molar-refractivity contribution in [1.29, 1.82) is 0 Å². The highest BCUT2D eigenvalue weighted by atomic mass is 35.5. The molecule has 0 aliphatic carbocycles. The fraction of sp³-hybridized carbons (Fsp3) is 0.308. The minimum atomic E-state index is 0.517. The summed E-state index contributed by atoms with van der Waals surface area (Å²) in [6.45, 7) is 3.80. The SMILES string of the molecule is Cc1nnc(Nc2ccc(CCCl)cc2)nc1C. The Morgan fingerprint density at radius 3 is 2.39 bits per heavy atom. The van der Waals surface area contributed by atoms with Crippen molar-refractivity contribution in [1.82, 2.24) is 15.2 Å². The Balaban J connectivity index is 2.10. The van der Waals surface area contributed by atoms with Crippen LogP contribution in [0.2, 0.25) is 0 Å². The van der Waals surface area contributed by atoms with Crippen molar-refractivity contribution in [3.63, 3.8) is 0 Å². The fourth-order valence-corrected chi connectivity index (χ4v) is 1.72. The lowest BCUT2D eigenvalue weighted by atomic mass is 10.1. The van der Waals surface area contributed by atoms with Crippen LogP contribution in [0.5, 0.6) is 0 Å². The standard InChI is InChI=1S/C13H15ClN4/c1-9-10(2)17-18-13(15-9)16-12-5-3-11(4-6-12)7-8-14/h3-6H,7-8H2,1-2H3,(H,15,16,18). The molecule has 0 bridgehead atoms. The van der Waals surface area contributed by atoms with Gasteiger partial charge in [0.05, 0.1) is 11.4 Å². The Labute approximate surface area is 111 Å². The number of nitrogens with one attached hydrogen (secondary N) is 1. The highest BCUT2D eigenvalue weighted by Crippen LogP contribution is 2.14. The zero-order valence-corrected chi connectivity index (χ0v) is 11.2. The number of halogens is 1. The van der Waals surface area contributed by atoms with Crippen molar-refractivity contribution >= 4 is 23.2 Å². The number of aromatic nitrogens is 3. The number of rotatable bonds is 4. The smallest absolute Gasteiger partial charge is 0.247 e. The molecule has 1 aromatic heterocycles. The quantitative estimate of drug-likeness (QED) is 0.861. The summed E-state index contributed by atoms with van der Waals surface area (Å²) in [6, 6.07) is 8.05. The Kier molecular flexibility index (Phi) is 4.10.